The van der Waals surface area contributed by atoms with Gasteiger partial charge in [-0.3, -0.25) is 4.72 Å². The first-order valence-corrected chi connectivity index (χ1v) is 11.7. The molecular formula is C21H17NO3S3. The second kappa shape index (κ2) is 7.50. The van der Waals surface area contributed by atoms with Crippen molar-refractivity contribution < 1.29 is 13.5 Å². The summed E-state index contributed by atoms with van der Waals surface area (Å²) < 4.78 is 28.4. The fourth-order valence-corrected chi connectivity index (χ4v) is 5.81. The van der Waals surface area contributed by atoms with Crippen molar-refractivity contribution in [1.29, 1.82) is 0 Å². The van der Waals surface area contributed by atoms with Gasteiger partial charge in [-0.1, -0.05) is 59.8 Å². The standard InChI is InChI=1S/C21H17NO3S3/c1-14-8-10-15(11-9-14)27-19-13-18(16-5-2-3-6-17(16)21(19)23)22-28(24,25)20-7-4-12-26-20/h2-13,22-23H,1H3. The molecule has 2 N–H and O–H groups in total. The van der Waals surface area contributed by atoms with Gasteiger partial charge in [-0.2, -0.15) is 0 Å². The lowest BCUT2D eigenvalue weighted by atomic mass is 10.1. The normalized spacial score (nSPS) is 11.6. The van der Waals surface area contributed by atoms with E-state index in [1.165, 1.54) is 11.8 Å². The molecule has 1 heterocycles. The molecule has 0 radical (unpaired) electrons. The van der Waals surface area contributed by atoms with Crippen LogP contribution in [0.2, 0.25) is 0 Å². The SMILES string of the molecule is Cc1ccc(Sc2cc(NS(=O)(=O)c3cccs3)c3ccccc3c2O)cc1. The van der Waals surface area contributed by atoms with Crippen LogP contribution in [0.5, 0.6) is 5.75 Å². The summed E-state index contributed by atoms with van der Waals surface area (Å²) in [6.45, 7) is 2.01. The van der Waals surface area contributed by atoms with E-state index in [1.807, 2.05) is 43.3 Å². The van der Waals surface area contributed by atoms with E-state index in [-0.39, 0.29) is 9.96 Å². The van der Waals surface area contributed by atoms with Gasteiger partial charge in [-0.15, -0.1) is 11.3 Å². The topological polar surface area (TPSA) is 66.4 Å². The van der Waals surface area contributed by atoms with Crippen LogP contribution < -0.4 is 4.72 Å². The van der Waals surface area contributed by atoms with E-state index in [0.29, 0.717) is 21.4 Å². The van der Waals surface area contributed by atoms with Gasteiger partial charge in [0.25, 0.3) is 10.0 Å². The molecule has 0 atom stereocenters. The molecule has 0 aliphatic heterocycles. The first-order valence-electron chi connectivity index (χ1n) is 8.49. The molecule has 4 aromatic rings. The number of phenolic OH excluding ortho intramolecular Hbond substituents is 1. The molecule has 4 nitrogen and oxygen atoms in total. The molecular weight excluding hydrogens is 410 g/mol. The highest BCUT2D eigenvalue weighted by molar-refractivity contribution is 7.99. The quantitative estimate of drug-likeness (QED) is 0.391. The van der Waals surface area contributed by atoms with Gasteiger partial charge in [0.2, 0.25) is 0 Å². The number of nitrogens with one attached hydrogen (secondary N) is 1. The van der Waals surface area contributed by atoms with E-state index in [9.17, 15) is 13.5 Å². The molecule has 0 amide bonds. The van der Waals surface area contributed by atoms with Gasteiger partial charge in [0.1, 0.15) is 9.96 Å². The Hall–Kier alpha value is -2.48. The number of thiophene rings is 1. The van der Waals surface area contributed by atoms with Gasteiger partial charge in [-0.05, 0) is 36.6 Å². The molecule has 142 valence electrons. The Bertz CT molecular complexity index is 1230. The van der Waals surface area contributed by atoms with Crippen molar-refractivity contribution >= 4 is 49.6 Å². The third kappa shape index (κ3) is 3.73. The number of anilines is 1. The third-order valence-electron chi connectivity index (χ3n) is 4.23. The van der Waals surface area contributed by atoms with Crippen molar-refractivity contribution in [3.8, 4) is 5.75 Å². The molecule has 0 aliphatic carbocycles. The summed E-state index contributed by atoms with van der Waals surface area (Å²) in [7, 11) is -3.69. The van der Waals surface area contributed by atoms with Gasteiger partial charge >= 0.3 is 0 Å². The van der Waals surface area contributed by atoms with E-state index in [4.69, 9.17) is 0 Å². The van der Waals surface area contributed by atoms with Crippen LogP contribution >= 0.6 is 23.1 Å². The number of rotatable bonds is 5. The third-order valence-corrected chi connectivity index (χ3v) is 8.04. The predicted molar refractivity (Wildman–Crippen MR) is 116 cm³/mol. The smallest absolute Gasteiger partial charge is 0.271 e. The Balaban J connectivity index is 1.81. The summed E-state index contributed by atoms with van der Waals surface area (Å²) >= 11 is 2.55. The number of sulfonamides is 1. The lowest BCUT2D eigenvalue weighted by molar-refractivity contribution is 0.469. The molecule has 0 fully saturated rings. The Labute approximate surface area is 171 Å². The van der Waals surface area contributed by atoms with Crippen LogP contribution in [0.1, 0.15) is 5.56 Å². The minimum Gasteiger partial charge on any atom is -0.506 e. The first kappa shape index (κ1) is 18.9. The minimum atomic E-state index is -3.69. The van der Waals surface area contributed by atoms with Crippen LogP contribution in [-0.4, -0.2) is 13.5 Å². The maximum atomic E-state index is 12.7. The van der Waals surface area contributed by atoms with Crippen molar-refractivity contribution in [3.05, 3.63) is 77.7 Å². The number of fused-ring (bicyclic) bond motifs is 1. The lowest BCUT2D eigenvalue weighted by Crippen LogP contribution is -2.11. The molecule has 1 aromatic heterocycles. The Morgan fingerprint density at radius 3 is 2.36 bits per heavy atom. The number of aryl methyl sites for hydroxylation is 1. The van der Waals surface area contributed by atoms with Gasteiger partial charge in [-0.25, -0.2) is 8.42 Å². The van der Waals surface area contributed by atoms with Gasteiger partial charge in [0.15, 0.2) is 0 Å². The minimum absolute atomic E-state index is 0.139. The summed E-state index contributed by atoms with van der Waals surface area (Å²) in [6.07, 6.45) is 0. The molecule has 0 saturated heterocycles. The van der Waals surface area contributed by atoms with Crippen LogP contribution in [0.3, 0.4) is 0 Å². The molecule has 0 aliphatic rings. The number of hydrogen-bond donors (Lipinski definition) is 2. The largest absolute Gasteiger partial charge is 0.506 e. The van der Waals surface area contributed by atoms with Crippen molar-refractivity contribution in [2.75, 3.05) is 4.72 Å². The van der Waals surface area contributed by atoms with Crippen molar-refractivity contribution in [2.45, 2.75) is 20.9 Å². The Morgan fingerprint density at radius 1 is 0.964 bits per heavy atom. The number of phenols is 1. The fourth-order valence-electron chi connectivity index (χ4n) is 2.84. The number of benzene rings is 3. The molecule has 0 unspecified atom stereocenters. The van der Waals surface area contributed by atoms with Crippen LogP contribution in [0.15, 0.2) is 86.1 Å². The van der Waals surface area contributed by atoms with Crippen molar-refractivity contribution in [2.24, 2.45) is 0 Å². The molecule has 3 aromatic carbocycles. The highest BCUT2D eigenvalue weighted by Crippen LogP contribution is 2.43. The van der Waals surface area contributed by atoms with Crippen LogP contribution in [0.4, 0.5) is 5.69 Å². The van der Waals surface area contributed by atoms with Crippen LogP contribution in [-0.2, 0) is 10.0 Å². The van der Waals surface area contributed by atoms with Gasteiger partial charge in [0.05, 0.1) is 10.6 Å². The van der Waals surface area contributed by atoms with E-state index in [1.54, 1.807) is 35.7 Å². The second-order valence-corrected chi connectivity index (χ2v) is 10.2. The molecule has 28 heavy (non-hydrogen) atoms. The summed E-state index contributed by atoms with van der Waals surface area (Å²) in [5, 5.41) is 13.7. The molecule has 0 bridgehead atoms. The molecule has 7 heteroatoms. The number of aromatic hydroxyl groups is 1. The summed E-state index contributed by atoms with van der Waals surface area (Å²) in [5.41, 5.74) is 1.59. The van der Waals surface area contributed by atoms with Crippen LogP contribution in [0.25, 0.3) is 10.8 Å². The summed E-state index contributed by atoms with van der Waals surface area (Å²) in [5.74, 6) is 0.139. The Kier molecular flexibility index (Phi) is 5.05. The predicted octanol–water partition coefficient (Wildman–Crippen LogP) is 5.87. The molecule has 0 saturated carbocycles. The van der Waals surface area contributed by atoms with Crippen molar-refractivity contribution in [3.63, 3.8) is 0 Å². The maximum absolute atomic E-state index is 12.7. The monoisotopic (exact) mass is 427 g/mol. The number of hydrogen-bond acceptors (Lipinski definition) is 5. The van der Waals surface area contributed by atoms with E-state index < -0.39 is 10.0 Å². The van der Waals surface area contributed by atoms with E-state index >= 15 is 0 Å². The summed E-state index contributed by atoms with van der Waals surface area (Å²) in [4.78, 5) is 1.55. The zero-order chi connectivity index (χ0) is 19.7. The summed E-state index contributed by atoms with van der Waals surface area (Å²) in [6, 6.07) is 20.1. The first-order chi connectivity index (χ1) is 13.4. The zero-order valence-corrected chi connectivity index (χ0v) is 17.4. The van der Waals surface area contributed by atoms with E-state index in [0.717, 1.165) is 21.8 Å². The highest BCUT2D eigenvalue weighted by atomic mass is 32.2. The average Bonchev–Trinajstić information content (AvgIpc) is 3.23. The van der Waals surface area contributed by atoms with Gasteiger partial charge in [0, 0.05) is 15.7 Å². The molecule has 0 spiro atoms. The molecule has 4 rings (SSSR count). The highest BCUT2D eigenvalue weighted by Gasteiger charge is 2.19. The Morgan fingerprint density at radius 2 is 1.68 bits per heavy atom. The van der Waals surface area contributed by atoms with Crippen LogP contribution in [0, 0.1) is 6.92 Å². The van der Waals surface area contributed by atoms with Crippen molar-refractivity contribution in [1.82, 2.24) is 0 Å². The van der Waals surface area contributed by atoms with E-state index in [2.05, 4.69) is 4.72 Å². The van der Waals surface area contributed by atoms with Gasteiger partial charge < -0.3 is 5.11 Å². The lowest BCUT2D eigenvalue weighted by Gasteiger charge is -2.14. The zero-order valence-electron chi connectivity index (χ0n) is 14.9. The average molecular weight is 428 g/mol. The second-order valence-electron chi connectivity index (χ2n) is 6.27. The fraction of sp³-hybridized carbons (Fsp3) is 0.0476. The maximum Gasteiger partial charge on any atom is 0.271 e.